The fourth-order valence-electron chi connectivity index (χ4n) is 4.43. The lowest BCUT2D eigenvalue weighted by Crippen LogP contribution is -2.62. The highest BCUT2D eigenvalue weighted by Crippen LogP contribution is 2.31. The maximum absolute atomic E-state index is 13.0. The highest BCUT2D eigenvalue weighted by molar-refractivity contribution is 7.98. The Labute approximate surface area is 219 Å². The number of hydrogen-bond donors (Lipinski definition) is 4. The third-order valence-corrected chi connectivity index (χ3v) is 7.04. The second-order valence-corrected chi connectivity index (χ2v) is 9.89. The second-order valence-electron chi connectivity index (χ2n) is 9.01. The van der Waals surface area contributed by atoms with Crippen molar-refractivity contribution < 1.29 is 22.8 Å². The van der Waals surface area contributed by atoms with E-state index in [4.69, 9.17) is 5.73 Å². The molecule has 5 N–H and O–H groups in total. The molecule has 0 aliphatic carbocycles. The number of anilines is 1. The first-order valence-electron chi connectivity index (χ1n) is 12.3. The SMILES string of the molecule is CCCN1CCC[C@H](NC(=O)CNC(=O)c2cc(C(F)(F)F)ccc2N)C1NCc1ccc(SC)cc1. The predicted molar refractivity (Wildman–Crippen MR) is 140 cm³/mol. The molecule has 11 heteroatoms. The quantitative estimate of drug-likeness (QED) is 0.272. The van der Waals surface area contributed by atoms with E-state index < -0.39 is 23.6 Å². The van der Waals surface area contributed by atoms with Crippen molar-refractivity contribution >= 4 is 29.3 Å². The number of rotatable bonds is 10. The molecule has 202 valence electrons. The van der Waals surface area contributed by atoms with Gasteiger partial charge in [-0.05, 0) is 74.5 Å². The van der Waals surface area contributed by atoms with E-state index >= 15 is 0 Å². The first-order valence-corrected chi connectivity index (χ1v) is 13.5. The standard InChI is InChI=1S/C26H34F3N5O2S/c1-3-12-34-13-4-5-22(24(34)31-15-17-6-9-19(37-2)10-7-17)33-23(35)16-32-25(36)20-14-18(26(27,28)29)8-11-21(20)30/h6-11,14,22,24,31H,3-5,12-13,15-16,30H2,1-2H3,(H,32,36)(H,33,35)/t22-,24?/m0/s1. The Bertz CT molecular complexity index is 1060. The van der Waals surface area contributed by atoms with Crippen molar-refractivity contribution in [2.24, 2.45) is 0 Å². The summed E-state index contributed by atoms with van der Waals surface area (Å²) in [5.41, 5.74) is 5.45. The molecule has 1 fully saturated rings. The van der Waals surface area contributed by atoms with E-state index in [0.29, 0.717) is 12.6 Å². The minimum atomic E-state index is -4.61. The molecule has 2 aromatic carbocycles. The number of carbonyl (C=O) groups excluding carboxylic acids is 2. The fourth-order valence-corrected chi connectivity index (χ4v) is 4.84. The normalized spacial score (nSPS) is 18.4. The average Bonchev–Trinajstić information content (AvgIpc) is 2.87. The van der Waals surface area contributed by atoms with Gasteiger partial charge in [-0.2, -0.15) is 13.2 Å². The summed E-state index contributed by atoms with van der Waals surface area (Å²) in [4.78, 5) is 28.7. The zero-order chi connectivity index (χ0) is 27.0. The smallest absolute Gasteiger partial charge is 0.398 e. The fraction of sp³-hybridized carbons (Fsp3) is 0.462. The van der Waals surface area contributed by atoms with E-state index in [1.54, 1.807) is 11.8 Å². The number of carbonyl (C=O) groups is 2. The van der Waals surface area contributed by atoms with E-state index in [1.165, 1.54) is 4.90 Å². The van der Waals surface area contributed by atoms with Gasteiger partial charge in [-0.3, -0.25) is 19.8 Å². The molecular formula is C26H34F3N5O2S. The monoisotopic (exact) mass is 537 g/mol. The maximum Gasteiger partial charge on any atom is 0.416 e. The zero-order valence-corrected chi connectivity index (χ0v) is 21.8. The summed E-state index contributed by atoms with van der Waals surface area (Å²) < 4.78 is 39.1. The predicted octanol–water partition coefficient (Wildman–Crippen LogP) is 3.85. The van der Waals surface area contributed by atoms with Crippen LogP contribution in [0.4, 0.5) is 18.9 Å². The number of benzene rings is 2. The van der Waals surface area contributed by atoms with Gasteiger partial charge in [0.15, 0.2) is 0 Å². The number of piperidine rings is 1. The van der Waals surface area contributed by atoms with Gasteiger partial charge in [-0.25, -0.2) is 0 Å². The van der Waals surface area contributed by atoms with Crippen molar-refractivity contribution in [3.05, 3.63) is 59.2 Å². The van der Waals surface area contributed by atoms with Crippen molar-refractivity contribution in [2.45, 2.75) is 56.0 Å². The van der Waals surface area contributed by atoms with E-state index in [-0.39, 0.29) is 30.0 Å². The molecule has 2 aromatic rings. The molecule has 0 saturated carbocycles. The lowest BCUT2D eigenvalue weighted by atomic mass is 10.0. The van der Waals surface area contributed by atoms with Gasteiger partial charge in [-0.15, -0.1) is 11.8 Å². The molecule has 0 aromatic heterocycles. The second kappa shape index (κ2) is 13.2. The number of likely N-dealkylation sites (tertiary alicyclic amines) is 1. The van der Waals surface area contributed by atoms with E-state index in [1.807, 2.05) is 6.26 Å². The molecule has 1 heterocycles. The van der Waals surface area contributed by atoms with Gasteiger partial charge in [0.2, 0.25) is 5.91 Å². The Balaban J connectivity index is 1.61. The first kappa shape index (κ1) is 28.8. The van der Waals surface area contributed by atoms with Crippen LogP contribution in [0.15, 0.2) is 47.4 Å². The molecule has 0 radical (unpaired) electrons. The molecule has 1 saturated heterocycles. The van der Waals surface area contributed by atoms with Crippen LogP contribution in [-0.4, -0.2) is 54.8 Å². The Morgan fingerprint density at radius 3 is 2.54 bits per heavy atom. The number of nitrogen functional groups attached to an aromatic ring is 1. The van der Waals surface area contributed by atoms with Crippen LogP contribution < -0.4 is 21.7 Å². The molecule has 37 heavy (non-hydrogen) atoms. The van der Waals surface area contributed by atoms with Gasteiger partial charge in [0.1, 0.15) is 0 Å². The number of nitrogens with two attached hydrogens (primary N) is 1. The van der Waals surface area contributed by atoms with Gasteiger partial charge >= 0.3 is 6.18 Å². The minimum Gasteiger partial charge on any atom is -0.398 e. The third-order valence-electron chi connectivity index (χ3n) is 6.30. The van der Waals surface area contributed by atoms with Crippen LogP contribution in [0.1, 0.15) is 47.7 Å². The van der Waals surface area contributed by atoms with Gasteiger partial charge in [0.25, 0.3) is 5.91 Å². The summed E-state index contributed by atoms with van der Waals surface area (Å²) in [6.07, 6.45) is -0.0161. The van der Waals surface area contributed by atoms with E-state index in [9.17, 15) is 22.8 Å². The lowest BCUT2D eigenvalue weighted by molar-refractivity contribution is -0.137. The van der Waals surface area contributed by atoms with Crippen LogP contribution in [-0.2, 0) is 17.5 Å². The molecule has 2 atom stereocenters. The maximum atomic E-state index is 13.0. The summed E-state index contributed by atoms with van der Waals surface area (Å²) in [6.45, 7) is 4.16. The van der Waals surface area contributed by atoms with Crippen molar-refractivity contribution in [2.75, 3.05) is 31.6 Å². The Morgan fingerprint density at radius 1 is 1.16 bits per heavy atom. The number of halogens is 3. The van der Waals surface area contributed by atoms with Crippen molar-refractivity contribution in [3.63, 3.8) is 0 Å². The largest absolute Gasteiger partial charge is 0.416 e. The average molecular weight is 538 g/mol. The Morgan fingerprint density at radius 2 is 1.89 bits per heavy atom. The number of thioether (sulfide) groups is 1. The molecule has 1 aliphatic rings. The number of hydrogen-bond acceptors (Lipinski definition) is 6. The zero-order valence-electron chi connectivity index (χ0n) is 21.0. The first-order chi connectivity index (χ1) is 17.6. The Kier molecular flexibility index (Phi) is 10.2. The summed E-state index contributed by atoms with van der Waals surface area (Å²) in [6, 6.07) is 10.7. The number of alkyl halides is 3. The van der Waals surface area contributed by atoms with Crippen LogP contribution in [0.2, 0.25) is 0 Å². The topological polar surface area (TPSA) is 99.5 Å². The summed E-state index contributed by atoms with van der Waals surface area (Å²) in [5, 5.41) is 8.97. The van der Waals surface area contributed by atoms with Gasteiger partial charge < -0.3 is 16.4 Å². The molecule has 2 amide bonds. The van der Waals surface area contributed by atoms with Crippen molar-refractivity contribution in [1.29, 1.82) is 0 Å². The van der Waals surface area contributed by atoms with Crippen LogP contribution in [0.25, 0.3) is 0 Å². The molecule has 1 aliphatic heterocycles. The molecule has 0 spiro atoms. The summed E-state index contributed by atoms with van der Waals surface area (Å²) in [7, 11) is 0. The summed E-state index contributed by atoms with van der Waals surface area (Å²) >= 11 is 1.68. The van der Waals surface area contributed by atoms with Crippen LogP contribution in [0.5, 0.6) is 0 Å². The van der Waals surface area contributed by atoms with E-state index in [0.717, 1.165) is 50.0 Å². The molecule has 3 rings (SSSR count). The summed E-state index contributed by atoms with van der Waals surface area (Å²) in [5.74, 6) is -1.25. The highest BCUT2D eigenvalue weighted by atomic mass is 32.2. The Hall–Kier alpha value is -2.76. The van der Waals surface area contributed by atoms with Gasteiger partial charge in [0, 0.05) is 17.1 Å². The van der Waals surface area contributed by atoms with Gasteiger partial charge in [-0.1, -0.05) is 19.1 Å². The number of amides is 2. The highest BCUT2D eigenvalue weighted by Gasteiger charge is 2.33. The molecule has 1 unspecified atom stereocenters. The molecular weight excluding hydrogens is 503 g/mol. The van der Waals surface area contributed by atoms with Crippen molar-refractivity contribution in [1.82, 2.24) is 20.9 Å². The molecule has 7 nitrogen and oxygen atoms in total. The number of nitrogens with one attached hydrogen (secondary N) is 3. The molecule has 0 bridgehead atoms. The third kappa shape index (κ3) is 8.11. The van der Waals surface area contributed by atoms with Crippen molar-refractivity contribution in [3.8, 4) is 0 Å². The number of nitrogens with zero attached hydrogens (tertiary/aromatic N) is 1. The lowest BCUT2D eigenvalue weighted by Gasteiger charge is -2.42. The van der Waals surface area contributed by atoms with E-state index in [2.05, 4.69) is 52.0 Å². The van der Waals surface area contributed by atoms with Crippen LogP contribution in [0.3, 0.4) is 0 Å². The minimum absolute atomic E-state index is 0.0901. The van der Waals surface area contributed by atoms with Gasteiger partial charge in [0.05, 0.1) is 29.9 Å². The van der Waals surface area contributed by atoms with Crippen LogP contribution >= 0.6 is 11.8 Å². The van der Waals surface area contributed by atoms with Crippen LogP contribution in [0, 0.1) is 0 Å².